The normalized spacial score (nSPS) is 10.2. The summed E-state index contributed by atoms with van der Waals surface area (Å²) >= 11 is 0. The molecule has 0 saturated carbocycles. The molecule has 0 amide bonds. The molecule has 0 bridgehead atoms. The molecule has 2 aromatic rings. The first-order valence-electron chi connectivity index (χ1n) is 5.08. The third-order valence-electron chi connectivity index (χ3n) is 2.10. The van der Waals surface area contributed by atoms with Crippen molar-refractivity contribution in [3.8, 4) is 17.4 Å². The molecule has 1 N–H and O–H groups in total. The van der Waals surface area contributed by atoms with Crippen LogP contribution in [0.15, 0.2) is 18.3 Å². The van der Waals surface area contributed by atoms with Crippen molar-refractivity contribution in [2.75, 3.05) is 13.7 Å². The fourth-order valence-electron chi connectivity index (χ4n) is 1.25. The highest BCUT2D eigenvalue weighted by molar-refractivity contribution is 5.70. The van der Waals surface area contributed by atoms with Gasteiger partial charge in [0.1, 0.15) is 0 Å². The molecule has 8 nitrogen and oxygen atoms in total. The molecule has 2 rings (SSSR count). The second-order valence-corrected chi connectivity index (χ2v) is 3.34. The van der Waals surface area contributed by atoms with Crippen LogP contribution in [0.1, 0.15) is 0 Å². The SMILES string of the molecule is COC(=O)COc1nc(-c2ccnc(F)c2)n(O)n1. The summed E-state index contributed by atoms with van der Waals surface area (Å²) in [6.45, 7) is -0.398. The van der Waals surface area contributed by atoms with Gasteiger partial charge in [0.05, 0.1) is 7.11 Å². The molecule has 0 atom stereocenters. The molecule has 0 radical (unpaired) electrons. The van der Waals surface area contributed by atoms with Crippen LogP contribution >= 0.6 is 0 Å². The Morgan fingerprint density at radius 3 is 3.05 bits per heavy atom. The van der Waals surface area contributed by atoms with E-state index in [1.165, 1.54) is 19.4 Å². The van der Waals surface area contributed by atoms with Gasteiger partial charge in [-0.05, 0) is 6.07 Å². The number of nitrogens with zero attached hydrogens (tertiary/aromatic N) is 4. The summed E-state index contributed by atoms with van der Waals surface area (Å²) in [5, 5.41) is 13.0. The summed E-state index contributed by atoms with van der Waals surface area (Å²) in [5.74, 6) is -1.38. The van der Waals surface area contributed by atoms with Crippen LogP contribution < -0.4 is 4.74 Å². The fraction of sp³-hybridized carbons (Fsp3) is 0.200. The Hall–Kier alpha value is -2.71. The number of rotatable bonds is 4. The quantitative estimate of drug-likeness (QED) is 0.482. The van der Waals surface area contributed by atoms with Crippen LogP contribution in [0.5, 0.6) is 6.01 Å². The van der Waals surface area contributed by atoms with Gasteiger partial charge in [-0.15, -0.1) is 0 Å². The van der Waals surface area contributed by atoms with E-state index in [9.17, 15) is 14.4 Å². The Morgan fingerprint density at radius 1 is 1.58 bits per heavy atom. The minimum atomic E-state index is -0.725. The van der Waals surface area contributed by atoms with E-state index in [0.29, 0.717) is 4.85 Å². The van der Waals surface area contributed by atoms with Gasteiger partial charge in [-0.25, -0.2) is 9.78 Å². The van der Waals surface area contributed by atoms with E-state index in [1.807, 2.05) is 0 Å². The smallest absolute Gasteiger partial charge is 0.344 e. The lowest BCUT2D eigenvalue weighted by Gasteiger charge is -1.98. The minimum Gasteiger partial charge on any atom is -0.466 e. The molecule has 0 aliphatic rings. The van der Waals surface area contributed by atoms with E-state index in [0.717, 1.165) is 6.07 Å². The fourth-order valence-corrected chi connectivity index (χ4v) is 1.25. The molecule has 19 heavy (non-hydrogen) atoms. The van der Waals surface area contributed by atoms with E-state index in [-0.39, 0.29) is 17.4 Å². The zero-order valence-corrected chi connectivity index (χ0v) is 9.78. The molecule has 0 spiro atoms. The number of pyridine rings is 1. The molecule has 0 aliphatic heterocycles. The molecule has 0 aromatic carbocycles. The Balaban J connectivity index is 2.19. The predicted octanol–water partition coefficient (Wildman–Crippen LogP) is 0.268. The van der Waals surface area contributed by atoms with Crippen molar-refractivity contribution >= 4 is 5.97 Å². The van der Waals surface area contributed by atoms with Gasteiger partial charge >= 0.3 is 12.0 Å². The second kappa shape index (κ2) is 5.29. The lowest BCUT2D eigenvalue weighted by molar-refractivity contribution is -0.143. The maximum absolute atomic E-state index is 12.9. The predicted molar refractivity (Wildman–Crippen MR) is 57.9 cm³/mol. The van der Waals surface area contributed by atoms with Crippen LogP contribution in [0.25, 0.3) is 11.4 Å². The van der Waals surface area contributed by atoms with Gasteiger partial charge in [0.15, 0.2) is 6.61 Å². The Morgan fingerprint density at radius 2 is 2.37 bits per heavy atom. The standard InChI is InChI=1S/C10H9FN4O4/c1-18-8(16)5-19-10-13-9(15(17)14-10)6-2-3-12-7(11)4-6/h2-4,17H,5H2,1H3. The van der Waals surface area contributed by atoms with Crippen molar-refractivity contribution in [2.45, 2.75) is 0 Å². The highest BCUT2D eigenvalue weighted by Gasteiger charge is 2.14. The van der Waals surface area contributed by atoms with Gasteiger partial charge in [-0.3, -0.25) is 0 Å². The first kappa shape index (κ1) is 12.7. The largest absolute Gasteiger partial charge is 0.466 e. The van der Waals surface area contributed by atoms with Crippen LogP contribution in [0.3, 0.4) is 0 Å². The summed E-state index contributed by atoms with van der Waals surface area (Å²) in [6.07, 6.45) is 1.22. The second-order valence-electron chi connectivity index (χ2n) is 3.34. The highest BCUT2D eigenvalue weighted by atomic mass is 19.1. The van der Waals surface area contributed by atoms with E-state index in [4.69, 9.17) is 4.74 Å². The summed E-state index contributed by atoms with van der Waals surface area (Å²) in [4.78, 5) is 18.5. The number of ether oxygens (including phenoxy) is 2. The van der Waals surface area contributed by atoms with Gasteiger partial charge in [-0.1, -0.05) is 9.94 Å². The number of halogens is 1. The van der Waals surface area contributed by atoms with E-state index < -0.39 is 18.5 Å². The zero-order valence-electron chi connectivity index (χ0n) is 9.78. The molecule has 9 heteroatoms. The first-order valence-corrected chi connectivity index (χ1v) is 5.08. The van der Waals surface area contributed by atoms with E-state index in [1.54, 1.807) is 0 Å². The molecule has 2 heterocycles. The van der Waals surface area contributed by atoms with Gasteiger partial charge in [0.2, 0.25) is 11.8 Å². The average molecular weight is 268 g/mol. The van der Waals surface area contributed by atoms with Crippen LogP contribution in [0.4, 0.5) is 4.39 Å². The third kappa shape index (κ3) is 2.94. The van der Waals surface area contributed by atoms with Crippen LogP contribution in [0, 0.1) is 5.95 Å². The molecule has 0 saturated heterocycles. The van der Waals surface area contributed by atoms with Crippen LogP contribution in [-0.4, -0.2) is 44.8 Å². The lowest BCUT2D eigenvalue weighted by atomic mass is 10.2. The van der Waals surface area contributed by atoms with Gasteiger partial charge < -0.3 is 14.7 Å². The van der Waals surface area contributed by atoms with Gasteiger partial charge in [0.25, 0.3) is 0 Å². The number of aromatic nitrogens is 4. The molecule has 0 aliphatic carbocycles. The lowest BCUT2D eigenvalue weighted by Crippen LogP contribution is -2.13. The maximum atomic E-state index is 12.9. The highest BCUT2D eigenvalue weighted by Crippen LogP contribution is 2.18. The zero-order chi connectivity index (χ0) is 13.8. The van der Waals surface area contributed by atoms with E-state index in [2.05, 4.69) is 19.8 Å². The van der Waals surface area contributed by atoms with Gasteiger partial charge in [0, 0.05) is 17.8 Å². The van der Waals surface area contributed by atoms with Gasteiger partial charge in [-0.2, -0.15) is 9.37 Å². The Labute approximate surface area is 106 Å². The Kier molecular flexibility index (Phi) is 3.55. The summed E-state index contributed by atoms with van der Waals surface area (Å²) in [7, 11) is 1.20. The monoisotopic (exact) mass is 268 g/mol. The van der Waals surface area contributed by atoms with Crippen molar-refractivity contribution in [3.63, 3.8) is 0 Å². The topological polar surface area (TPSA) is 99.4 Å². The molecular weight excluding hydrogens is 259 g/mol. The maximum Gasteiger partial charge on any atom is 0.344 e. The number of esters is 1. The van der Waals surface area contributed by atoms with Crippen LogP contribution in [0.2, 0.25) is 0 Å². The summed E-state index contributed by atoms with van der Waals surface area (Å²) in [6, 6.07) is 2.27. The van der Waals surface area contributed by atoms with Crippen molar-refractivity contribution in [1.82, 2.24) is 19.9 Å². The number of hydrogen-bond acceptors (Lipinski definition) is 7. The number of hydrogen-bond donors (Lipinski definition) is 1. The van der Waals surface area contributed by atoms with Crippen molar-refractivity contribution in [1.29, 1.82) is 0 Å². The van der Waals surface area contributed by atoms with Crippen LogP contribution in [-0.2, 0) is 9.53 Å². The first-order chi connectivity index (χ1) is 9.10. The summed E-state index contributed by atoms with van der Waals surface area (Å²) < 4.78 is 22.2. The van der Waals surface area contributed by atoms with Crippen molar-refractivity contribution in [3.05, 3.63) is 24.3 Å². The number of carbonyl (C=O) groups is 1. The van der Waals surface area contributed by atoms with E-state index >= 15 is 0 Å². The molecule has 0 unspecified atom stereocenters. The third-order valence-corrected chi connectivity index (χ3v) is 2.10. The minimum absolute atomic E-state index is 0.0406. The average Bonchev–Trinajstić information content (AvgIpc) is 2.77. The van der Waals surface area contributed by atoms with Crippen molar-refractivity contribution < 1.29 is 23.9 Å². The molecule has 0 fully saturated rings. The molecule has 2 aromatic heterocycles. The molecule has 100 valence electrons. The molecular formula is C10H9FN4O4. The van der Waals surface area contributed by atoms with Crippen molar-refractivity contribution in [2.24, 2.45) is 0 Å². The number of carbonyl (C=O) groups excluding carboxylic acids is 1. The summed E-state index contributed by atoms with van der Waals surface area (Å²) in [5.41, 5.74) is 0.260. The Bertz CT molecular complexity index is 601. The number of methoxy groups -OCH3 is 1.